The number of hydrogen-bond donors (Lipinski definition) is 1. The van der Waals surface area contributed by atoms with Crippen LogP contribution in [0.1, 0.15) is 17.9 Å². The van der Waals surface area contributed by atoms with Gasteiger partial charge in [-0.25, -0.2) is 4.68 Å². The number of halogens is 1. The SMILES string of the molecule is O=C(Cn1[nH]c(=O)ccc1=O)N1CC[C@@H](c2ccccc2Cl)C1. The number of amides is 1. The van der Waals surface area contributed by atoms with Crippen molar-refractivity contribution >= 4 is 17.5 Å². The number of aromatic amines is 1. The van der Waals surface area contributed by atoms with Gasteiger partial charge in [-0.2, -0.15) is 0 Å². The average molecular weight is 334 g/mol. The van der Waals surface area contributed by atoms with E-state index in [4.69, 9.17) is 11.6 Å². The van der Waals surface area contributed by atoms with Crippen LogP contribution in [0.2, 0.25) is 5.02 Å². The van der Waals surface area contributed by atoms with Gasteiger partial charge in [0.2, 0.25) is 5.91 Å². The molecule has 1 amide bonds. The summed E-state index contributed by atoms with van der Waals surface area (Å²) >= 11 is 6.21. The third-order valence-electron chi connectivity index (χ3n) is 4.07. The zero-order valence-corrected chi connectivity index (χ0v) is 13.1. The van der Waals surface area contributed by atoms with Crippen molar-refractivity contribution in [3.63, 3.8) is 0 Å². The minimum absolute atomic E-state index is 0.163. The minimum Gasteiger partial charge on any atom is -0.340 e. The molecule has 1 N–H and O–H groups in total. The predicted octanol–water partition coefficient (Wildman–Crippen LogP) is 1.21. The van der Waals surface area contributed by atoms with Crippen LogP contribution in [0, 0.1) is 0 Å². The Morgan fingerprint density at radius 1 is 1.22 bits per heavy atom. The maximum absolute atomic E-state index is 12.4. The first-order valence-corrected chi connectivity index (χ1v) is 7.75. The first-order valence-electron chi connectivity index (χ1n) is 7.37. The van der Waals surface area contributed by atoms with Gasteiger partial charge in [0.1, 0.15) is 6.54 Å². The number of H-pyrrole nitrogens is 1. The molecule has 0 aliphatic carbocycles. The van der Waals surface area contributed by atoms with Gasteiger partial charge in [0, 0.05) is 36.2 Å². The van der Waals surface area contributed by atoms with Gasteiger partial charge in [-0.15, -0.1) is 0 Å². The number of benzene rings is 1. The summed E-state index contributed by atoms with van der Waals surface area (Å²) in [6.45, 7) is 1.01. The smallest absolute Gasteiger partial charge is 0.265 e. The summed E-state index contributed by atoms with van der Waals surface area (Å²) in [4.78, 5) is 37.0. The number of carbonyl (C=O) groups is 1. The fourth-order valence-electron chi connectivity index (χ4n) is 2.86. The van der Waals surface area contributed by atoms with Crippen LogP contribution < -0.4 is 11.1 Å². The second kappa shape index (κ2) is 6.42. The normalized spacial score (nSPS) is 17.4. The molecule has 1 atom stereocenters. The molecule has 1 saturated heterocycles. The van der Waals surface area contributed by atoms with Crippen molar-refractivity contribution in [1.82, 2.24) is 14.7 Å². The second-order valence-electron chi connectivity index (χ2n) is 5.58. The van der Waals surface area contributed by atoms with E-state index in [2.05, 4.69) is 5.10 Å². The van der Waals surface area contributed by atoms with Crippen molar-refractivity contribution in [2.24, 2.45) is 0 Å². The fraction of sp³-hybridized carbons (Fsp3) is 0.312. The Morgan fingerprint density at radius 2 is 2.00 bits per heavy atom. The molecular formula is C16H16ClN3O3. The number of carbonyl (C=O) groups excluding carboxylic acids is 1. The summed E-state index contributed by atoms with van der Waals surface area (Å²) in [5.41, 5.74) is 0.224. The van der Waals surface area contributed by atoms with Gasteiger partial charge in [-0.3, -0.25) is 19.5 Å². The van der Waals surface area contributed by atoms with E-state index in [9.17, 15) is 14.4 Å². The van der Waals surface area contributed by atoms with E-state index in [1.165, 1.54) is 0 Å². The highest BCUT2D eigenvalue weighted by Crippen LogP contribution is 2.31. The number of nitrogens with zero attached hydrogens (tertiary/aromatic N) is 2. The molecule has 0 radical (unpaired) electrons. The molecule has 0 spiro atoms. The quantitative estimate of drug-likeness (QED) is 0.917. The summed E-state index contributed by atoms with van der Waals surface area (Å²) in [5.74, 6) is 0.00250. The molecule has 1 aromatic heterocycles. The zero-order chi connectivity index (χ0) is 16.4. The molecule has 3 rings (SSSR count). The number of rotatable bonds is 3. The van der Waals surface area contributed by atoms with E-state index in [0.29, 0.717) is 18.1 Å². The summed E-state index contributed by atoms with van der Waals surface area (Å²) < 4.78 is 1.04. The predicted molar refractivity (Wildman–Crippen MR) is 86.7 cm³/mol. The van der Waals surface area contributed by atoms with Crippen molar-refractivity contribution in [3.8, 4) is 0 Å². The van der Waals surface area contributed by atoms with Crippen LogP contribution in [0.5, 0.6) is 0 Å². The molecule has 23 heavy (non-hydrogen) atoms. The van der Waals surface area contributed by atoms with Crippen LogP contribution >= 0.6 is 11.6 Å². The summed E-state index contributed by atoms with van der Waals surface area (Å²) in [6, 6.07) is 9.92. The van der Waals surface area contributed by atoms with Crippen LogP contribution in [0.4, 0.5) is 0 Å². The first-order chi connectivity index (χ1) is 11.0. The van der Waals surface area contributed by atoms with Gasteiger partial charge < -0.3 is 4.90 Å². The molecule has 1 aliphatic rings. The van der Waals surface area contributed by atoms with Gasteiger partial charge in [-0.1, -0.05) is 29.8 Å². The van der Waals surface area contributed by atoms with Crippen LogP contribution in [-0.4, -0.2) is 33.7 Å². The maximum Gasteiger partial charge on any atom is 0.265 e. The molecule has 6 nitrogen and oxygen atoms in total. The molecule has 1 fully saturated rings. The molecule has 7 heteroatoms. The molecule has 2 aromatic rings. The highest BCUT2D eigenvalue weighted by atomic mass is 35.5. The molecule has 1 aromatic carbocycles. The molecule has 0 saturated carbocycles. The van der Waals surface area contributed by atoms with Crippen LogP contribution in [-0.2, 0) is 11.3 Å². The summed E-state index contributed by atoms with van der Waals surface area (Å²) in [7, 11) is 0. The van der Waals surface area contributed by atoms with Crippen molar-refractivity contribution in [3.05, 3.63) is 67.7 Å². The van der Waals surface area contributed by atoms with Gasteiger partial charge in [-0.05, 0) is 18.1 Å². The third kappa shape index (κ3) is 3.37. The third-order valence-corrected chi connectivity index (χ3v) is 4.41. The van der Waals surface area contributed by atoms with Crippen molar-refractivity contribution in [1.29, 1.82) is 0 Å². The lowest BCUT2D eigenvalue weighted by Gasteiger charge is -2.17. The number of likely N-dealkylation sites (tertiary alicyclic amines) is 1. The molecule has 0 bridgehead atoms. The van der Waals surface area contributed by atoms with Crippen molar-refractivity contribution in [2.75, 3.05) is 13.1 Å². The molecule has 0 unspecified atom stereocenters. The number of hydrogen-bond acceptors (Lipinski definition) is 3. The standard InChI is InChI=1S/C16H16ClN3O3/c17-13-4-2-1-3-12(13)11-7-8-19(9-11)16(23)10-20-15(22)6-5-14(21)18-20/h1-6,11H,7-10H2,(H,18,21)/t11-/m1/s1. The van der Waals surface area contributed by atoms with Gasteiger partial charge >= 0.3 is 0 Å². The number of aromatic nitrogens is 2. The molecule has 1 aliphatic heterocycles. The van der Waals surface area contributed by atoms with E-state index in [-0.39, 0.29) is 18.4 Å². The van der Waals surface area contributed by atoms with E-state index < -0.39 is 11.1 Å². The largest absolute Gasteiger partial charge is 0.340 e. The van der Waals surface area contributed by atoms with E-state index in [0.717, 1.165) is 28.8 Å². The molecular weight excluding hydrogens is 318 g/mol. The highest BCUT2D eigenvalue weighted by molar-refractivity contribution is 6.31. The van der Waals surface area contributed by atoms with Crippen LogP contribution in [0.15, 0.2) is 46.0 Å². The Bertz CT molecular complexity index is 843. The first kappa shape index (κ1) is 15.6. The fourth-order valence-corrected chi connectivity index (χ4v) is 3.15. The Kier molecular flexibility index (Phi) is 4.34. The topological polar surface area (TPSA) is 75.2 Å². The van der Waals surface area contributed by atoms with Crippen molar-refractivity contribution < 1.29 is 4.79 Å². The second-order valence-corrected chi connectivity index (χ2v) is 5.99. The van der Waals surface area contributed by atoms with Gasteiger partial charge in [0.15, 0.2) is 0 Å². The molecule has 2 heterocycles. The Morgan fingerprint density at radius 3 is 2.78 bits per heavy atom. The van der Waals surface area contributed by atoms with Crippen LogP contribution in [0.3, 0.4) is 0 Å². The van der Waals surface area contributed by atoms with E-state index >= 15 is 0 Å². The lowest BCUT2D eigenvalue weighted by atomic mass is 9.98. The molecule has 120 valence electrons. The zero-order valence-electron chi connectivity index (χ0n) is 12.4. The Balaban J connectivity index is 1.70. The maximum atomic E-state index is 12.4. The highest BCUT2D eigenvalue weighted by Gasteiger charge is 2.28. The monoisotopic (exact) mass is 333 g/mol. The van der Waals surface area contributed by atoms with E-state index in [1.807, 2.05) is 24.3 Å². The minimum atomic E-state index is -0.409. The Hall–Kier alpha value is -2.34. The van der Waals surface area contributed by atoms with Gasteiger partial charge in [0.25, 0.3) is 11.1 Å². The van der Waals surface area contributed by atoms with Crippen molar-refractivity contribution in [2.45, 2.75) is 18.9 Å². The average Bonchev–Trinajstić information content (AvgIpc) is 3.01. The lowest BCUT2D eigenvalue weighted by Crippen LogP contribution is -2.37. The van der Waals surface area contributed by atoms with Crippen LogP contribution in [0.25, 0.3) is 0 Å². The number of nitrogens with one attached hydrogen (secondary N) is 1. The summed E-state index contributed by atoms with van der Waals surface area (Å²) in [6.07, 6.45) is 0.829. The van der Waals surface area contributed by atoms with Gasteiger partial charge in [0.05, 0.1) is 0 Å². The lowest BCUT2D eigenvalue weighted by molar-refractivity contribution is -0.131. The van der Waals surface area contributed by atoms with E-state index in [1.54, 1.807) is 4.90 Å². The summed E-state index contributed by atoms with van der Waals surface area (Å²) in [5, 5.41) is 3.07. The Labute approximate surface area is 137 Å².